The van der Waals surface area contributed by atoms with Crippen LogP contribution in [0.3, 0.4) is 0 Å². The Bertz CT molecular complexity index is 315. The van der Waals surface area contributed by atoms with Crippen molar-refractivity contribution < 1.29 is 9.53 Å². The van der Waals surface area contributed by atoms with Gasteiger partial charge in [-0.2, -0.15) is 0 Å². The van der Waals surface area contributed by atoms with E-state index in [0.29, 0.717) is 11.6 Å². The molecule has 0 bridgehead atoms. The maximum atomic E-state index is 11.2. The lowest BCUT2D eigenvalue weighted by Gasteiger charge is -2.05. The van der Waals surface area contributed by atoms with Gasteiger partial charge in [0.15, 0.2) is 0 Å². The number of methoxy groups -OCH3 is 1. The number of rotatable bonds is 4. The Kier molecular flexibility index (Phi) is 3.87. The van der Waals surface area contributed by atoms with Crippen molar-refractivity contribution in [2.75, 3.05) is 26.0 Å². The predicted molar refractivity (Wildman–Crippen MR) is 53.3 cm³/mol. The Hall–Kier alpha value is -1.62. The lowest BCUT2D eigenvalue weighted by molar-refractivity contribution is -0.115. The van der Waals surface area contributed by atoms with Gasteiger partial charge < -0.3 is 15.4 Å². The zero-order chi connectivity index (χ0) is 10.4. The summed E-state index contributed by atoms with van der Waals surface area (Å²) in [4.78, 5) is 15.1. The fraction of sp³-hybridized carbons (Fsp3) is 0.333. The molecule has 0 fully saturated rings. The van der Waals surface area contributed by atoms with Crippen molar-refractivity contribution in [1.82, 2.24) is 10.3 Å². The summed E-state index contributed by atoms with van der Waals surface area (Å²) < 4.78 is 4.92. The van der Waals surface area contributed by atoms with Crippen LogP contribution >= 0.6 is 0 Å². The fourth-order valence-corrected chi connectivity index (χ4v) is 0.965. The van der Waals surface area contributed by atoms with Crippen LogP contribution in [0.15, 0.2) is 18.3 Å². The lowest BCUT2D eigenvalue weighted by atomic mass is 10.4. The van der Waals surface area contributed by atoms with Gasteiger partial charge in [-0.1, -0.05) is 0 Å². The number of carbonyl (C=O) groups is 1. The van der Waals surface area contributed by atoms with Crippen LogP contribution < -0.4 is 15.4 Å². The molecule has 0 saturated heterocycles. The van der Waals surface area contributed by atoms with E-state index in [1.54, 1.807) is 25.4 Å². The number of carbonyl (C=O) groups excluding carboxylic acids is 1. The number of ether oxygens (including phenoxy) is 1. The molecule has 0 aliphatic rings. The van der Waals surface area contributed by atoms with Crippen LogP contribution in [0.1, 0.15) is 0 Å². The van der Waals surface area contributed by atoms with E-state index in [9.17, 15) is 4.79 Å². The average molecular weight is 195 g/mol. The number of amides is 1. The summed E-state index contributed by atoms with van der Waals surface area (Å²) in [6.45, 7) is 0.282. The molecular formula is C9H13N3O2. The van der Waals surface area contributed by atoms with Crippen LogP contribution in [-0.2, 0) is 4.79 Å². The lowest BCUT2D eigenvalue weighted by Crippen LogP contribution is -2.25. The average Bonchev–Trinajstić information content (AvgIpc) is 2.18. The van der Waals surface area contributed by atoms with Gasteiger partial charge in [0, 0.05) is 18.0 Å². The number of pyridine rings is 1. The van der Waals surface area contributed by atoms with Gasteiger partial charge in [-0.3, -0.25) is 4.79 Å². The third kappa shape index (κ3) is 3.02. The SMILES string of the molecule is CNCC(=O)Nc1ccnc(OC)c1. The summed E-state index contributed by atoms with van der Waals surface area (Å²) in [6, 6.07) is 3.36. The second-order valence-corrected chi connectivity index (χ2v) is 2.67. The summed E-state index contributed by atoms with van der Waals surface area (Å²) in [7, 11) is 3.24. The minimum atomic E-state index is -0.0965. The van der Waals surface area contributed by atoms with Crippen LogP contribution in [-0.4, -0.2) is 31.6 Å². The summed E-state index contributed by atoms with van der Waals surface area (Å²) in [5.41, 5.74) is 0.678. The molecule has 5 nitrogen and oxygen atoms in total. The quantitative estimate of drug-likeness (QED) is 0.722. The molecule has 0 atom stereocenters. The Balaban J connectivity index is 2.62. The molecule has 0 aromatic carbocycles. The van der Waals surface area contributed by atoms with E-state index < -0.39 is 0 Å². The van der Waals surface area contributed by atoms with Crippen molar-refractivity contribution in [3.05, 3.63) is 18.3 Å². The van der Waals surface area contributed by atoms with Crippen molar-refractivity contribution in [1.29, 1.82) is 0 Å². The van der Waals surface area contributed by atoms with Crippen LogP contribution in [0.5, 0.6) is 5.88 Å². The highest BCUT2D eigenvalue weighted by atomic mass is 16.5. The third-order valence-electron chi connectivity index (χ3n) is 1.57. The largest absolute Gasteiger partial charge is 0.481 e. The first-order valence-electron chi connectivity index (χ1n) is 4.20. The zero-order valence-corrected chi connectivity index (χ0v) is 8.20. The van der Waals surface area contributed by atoms with E-state index in [1.165, 1.54) is 7.11 Å². The maximum Gasteiger partial charge on any atom is 0.238 e. The van der Waals surface area contributed by atoms with Crippen LogP contribution in [0.4, 0.5) is 5.69 Å². The van der Waals surface area contributed by atoms with Crippen LogP contribution in [0, 0.1) is 0 Å². The molecule has 0 aliphatic heterocycles. The van der Waals surface area contributed by atoms with E-state index in [1.807, 2.05) is 0 Å². The van der Waals surface area contributed by atoms with E-state index in [-0.39, 0.29) is 12.5 Å². The smallest absolute Gasteiger partial charge is 0.238 e. The first-order chi connectivity index (χ1) is 6.76. The van der Waals surface area contributed by atoms with Gasteiger partial charge in [-0.05, 0) is 13.1 Å². The summed E-state index contributed by atoms with van der Waals surface area (Å²) in [5.74, 6) is 0.382. The monoisotopic (exact) mass is 195 g/mol. The van der Waals surface area contributed by atoms with Crippen molar-refractivity contribution in [3.8, 4) is 5.88 Å². The number of aromatic nitrogens is 1. The Morgan fingerprint density at radius 2 is 2.43 bits per heavy atom. The highest BCUT2D eigenvalue weighted by Gasteiger charge is 2.01. The first-order valence-corrected chi connectivity index (χ1v) is 4.20. The minimum Gasteiger partial charge on any atom is -0.481 e. The topological polar surface area (TPSA) is 63.2 Å². The molecule has 14 heavy (non-hydrogen) atoms. The zero-order valence-electron chi connectivity index (χ0n) is 8.20. The van der Waals surface area contributed by atoms with Crippen LogP contribution in [0.2, 0.25) is 0 Å². The van der Waals surface area contributed by atoms with Crippen molar-refractivity contribution in [2.45, 2.75) is 0 Å². The van der Waals surface area contributed by atoms with Gasteiger partial charge in [-0.25, -0.2) is 4.98 Å². The first kappa shape index (κ1) is 10.5. The number of likely N-dealkylation sites (N-methyl/N-ethyl adjacent to an activating group) is 1. The number of anilines is 1. The molecular weight excluding hydrogens is 182 g/mol. The molecule has 0 saturated carbocycles. The fourth-order valence-electron chi connectivity index (χ4n) is 0.965. The van der Waals surface area contributed by atoms with Gasteiger partial charge in [0.25, 0.3) is 0 Å². The van der Waals surface area contributed by atoms with Gasteiger partial charge in [0.2, 0.25) is 11.8 Å². The number of nitrogens with zero attached hydrogens (tertiary/aromatic N) is 1. The summed E-state index contributed by atoms with van der Waals surface area (Å²) in [5, 5.41) is 5.45. The molecule has 1 rings (SSSR count). The molecule has 0 spiro atoms. The number of nitrogens with one attached hydrogen (secondary N) is 2. The molecule has 0 radical (unpaired) electrons. The third-order valence-corrected chi connectivity index (χ3v) is 1.57. The van der Waals surface area contributed by atoms with E-state index in [0.717, 1.165) is 0 Å². The number of hydrogen-bond donors (Lipinski definition) is 2. The second-order valence-electron chi connectivity index (χ2n) is 2.67. The second kappa shape index (κ2) is 5.18. The standard InChI is InChI=1S/C9H13N3O2/c1-10-6-8(13)12-7-3-4-11-9(5-7)14-2/h3-5,10H,6H2,1-2H3,(H,11,12,13). The van der Waals surface area contributed by atoms with Crippen molar-refractivity contribution in [2.24, 2.45) is 0 Å². The van der Waals surface area contributed by atoms with Crippen LogP contribution in [0.25, 0.3) is 0 Å². The Morgan fingerprint density at radius 3 is 3.07 bits per heavy atom. The molecule has 5 heteroatoms. The van der Waals surface area contributed by atoms with Crippen molar-refractivity contribution in [3.63, 3.8) is 0 Å². The van der Waals surface area contributed by atoms with E-state index >= 15 is 0 Å². The van der Waals surface area contributed by atoms with E-state index in [2.05, 4.69) is 15.6 Å². The van der Waals surface area contributed by atoms with Gasteiger partial charge in [-0.15, -0.1) is 0 Å². The normalized spacial score (nSPS) is 9.57. The van der Waals surface area contributed by atoms with Gasteiger partial charge >= 0.3 is 0 Å². The molecule has 2 N–H and O–H groups in total. The molecule has 1 amide bonds. The number of hydrogen-bond acceptors (Lipinski definition) is 4. The molecule has 0 unspecified atom stereocenters. The molecule has 1 aromatic heterocycles. The van der Waals surface area contributed by atoms with Gasteiger partial charge in [0.1, 0.15) is 0 Å². The summed E-state index contributed by atoms with van der Waals surface area (Å²) in [6.07, 6.45) is 1.58. The summed E-state index contributed by atoms with van der Waals surface area (Å²) >= 11 is 0. The van der Waals surface area contributed by atoms with E-state index in [4.69, 9.17) is 4.74 Å². The molecule has 1 heterocycles. The molecule has 76 valence electrons. The Morgan fingerprint density at radius 1 is 1.64 bits per heavy atom. The van der Waals surface area contributed by atoms with Gasteiger partial charge in [0.05, 0.1) is 13.7 Å². The highest BCUT2D eigenvalue weighted by Crippen LogP contribution is 2.12. The highest BCUT2D eigenvalue weighted by molar-refractivity contribution is 5.92. The minimum absolute atomic E-state index is 0.0965. The molecule has 1 aromatic rings. The predicted octanol–water partition coefficient (Wildman–Crippen LogP) is 0.248. The maximum absolute atomic E-state index is 11.2. The Labute approximate surface area is 82.5 Å². The van der Waals surface area contributed by atoms with Crippen molar-refractivity contribution >= 4 is 11.6 Å². The molecule has 0 aliphatic carbocycles.